The fourth-order valence-corrected chi connectivity index (χ4v) is 2.34. The number of nitrogens with zero attached hydrogens (tertiary/aromatic N) is 1. The smallest absolute Gasteiger partial charge is 0.315 e. The van der Waals surface area contributed by atoms with Crippen LogP contribution in [0.15, 0.2) is 11.6 Å². The van der Waals surface area contributed by atoms with Crippen molar-refractivity contribution in [3.05, 3.63) is 11.6 Å². The van der Waals surface area contributed by atoms with Crippen LogP contribution in [-0.4, -0.2) is 43.5 Å². The summed E-state index contributed by atoms with van der Waals surface area (Å²) in [6.45, 7) is 2.32. The molecule has 1 rings (SSSR count). The number of carbonyl (C=O) groups excluding carboxylic acids is 2. The third kappa shape index (κ3) is 6.08. The standard InChI is InChI=1S/C15H27N3O2/c1-12(14(19)18(2)3)17-15(20)16-11-10-13-8-6-4-5-7-9-13/h8,12H,4-7,9-11H2,1-3H3,(H2,16,17,20)/t12-/m0/s1. The Kier molecular flexibility index (Phi) is 7.12. The fraction of sp³-hybridized carbons (Fsp3) is 0.733. The van der Waals surface area contributed by atoms with Crippen LogP contribution in [0.25, 0.3) is 0 Å². The second kappa shape index (κ2) is 8.61. The summed E-state index contributed by atoms with van der Waals surface area (Å²) in [7, 11) is 3.36. The van der Waals surface area contributed by atoms with Crippen LogP contribution in [0.1, 0.15) is 45.4 Å². The first-order chi connectivity index (χ1) is 9.50. The van der Waals surface area contributed by atoms with Gasteiger partial charge in [0.15, 0.2) is 0 Å². The molecule has 0 aromatic heterocycles. The molecule has 3 amide bonds. The number of carbonyl (C=O) groups is 2. The molecule has 0 aromatic carbocycles. The lowest BCUT2D eigenvalue weighted by Crippen LogP contribution is -2.48. The van der Waals surface area contributed by atoms with Crippen molar-refractivity contribution < 1.29 is 9.59 Å². The van der Waals surface area contributed by atoms with Crippen LogP contribution in [0.4, 0.5) is 4.79 Å². The monoisotopic (exact) mass is 281 g/mol. The second-order valence-corrected chi connectivity index (χ2v) is 5.57. The molecule has 5 nitrogen and oxygen atoms in total. The minimum absolute atomic E-state index is 0.105. The van der Waals surface area contributed by atoms with E-state index in [-0.39, 0.29) is 11.9 Å². The maximum atomic E-state index is 11.7. The quantitative estimate of drug-likeness (QED) is 0.758. The molecule has 114 valence electrons. The van der Waals surface area contributed by atoms with Crippen LogP contribution in [0, 0.1) is 0 Å². The molecule has 0 heterocycles. The molecule has 1 aliphatic rings. The van der Waals surface area contributed by atoms with Gasteiger partial charge in [0.1, 0.15) is 6.04 Å². The lowest BCUT2D eigenvalue weighted by molar-refractivity contribution is -0.130. The molecular weight excluding hydrogens is 254 g/mol. The Morgan fingerprint density at radius 3 is 2.75 bits per heavy atom. The molecule has 0 spiro atoms. The predicted molar refractivity (Wildman–Crippen MR) is 80.5 cm³/mol. The van der Waals surface area contributed by atoms with E-state index >= 15 is 0 Å². The van der Waals surface area contributed by atoms with Crippen LogP contribution >= 0.6 is 0 Å². The van der Waals surface area contributed by atoms with E-state index in [9.17, 15) is 9.59 Å². The van der Waals surface area contributed by atoms with E-state index in [4.69, 9.17) is 0 Å². The van der Waals surface area contributed by atoms with Crippen LogP contribution in [0.2, 0.25) is 0 Å². The minimum Gasteiger partial charge on any atom is -0.347 e. The van der Waals surface area contributed by atoms with Gasteiger partial charge >= 0.3 is 6.03 Å². The first-order valence-corrected chi connectivity index (χ1v) is 7.44. The van der Waals surface area contributed by atoms with Gasteiger partial charge in [-0.2, -0.15) is 0 Å². The van der Waals surface area contributed by atoms with E-state index in [1.807, 2.05) is 0 Å². The molecular formula is C15H27N3O2. The van der Waals surface area contributed by atoms with Gasteiger partial charge in [0, 0.05) is 20.6 Å². The molecule has 0 aromatic rings. The average molecular weight is 281 g/mol. The van der Waals surface area contributed by atoms with Crippen molar-refractivity contribution >= 4 is 11.9 Å². The zero-order chi connectivity index (χ0) is 15.0. The minimum atomic E-state index is -0.498. The summed E-state index contributed by atoms with van der Waals surface area (Å²) in [6, 6.07) is -0.774. The number of allylic oxidation sites excluding steroid dienone is 1. The van der Waals surface area contributed by atoms with Crippen LogP contribution in [0.5, 0.6) is 0 Å². The van der Waals surface area contributed by atoms with Crippen molar-refractivity contribution in [2.75, 3.05) is 20.6 Å². The average Bonchev–Trinajstić information content (AvgIpc) is 2.66. The molecule has 1 atom stereocenters. The highest BCUT2D eigenvalue weighted by atomic mass is 16.2. The van der Waals surface area contributed by atoms with Crippen molar-refractivity contribution in [1.29, 1.82) is 0 Å². The Morgan fingerprint density at radius 2 is 2.05 bits per heavy atom. The van der Waals surface area contributed by atoms with Gasteiger partial charge in [0.05, 0.1) is 0 Å². The lowest BCUT2D eigenvalue weighted by atomic mass is 10.1. The van der Waals surface area contributed by atoms with E-state index in [1.54, 1.807) is 21.0 Å². The second-order valence-electron chi connectivity index (χ2n) is 5.57. The van der Waals surface area contributed by atoms with E-state index in [1.165, 1.54) is 29.7 Å². The van der Waals surface area contributed by atoms with Crippen LogP contribution in [-0.2, 0) is 4.79 Å². The Hall–Kier alpha value is -1.52. The highest BCUT2D eigenvalue weighted by molar-refractivity contribution is 5.86. The fourth-order valence-electron chi connectivity index (χ4n) is 2.34. The van der Waals surface area contributed by atoms with E-state index < -0.39 is 6.04 Å². The molecule has 0 bridgehead atoms. The third-order valence-electron chi connectivity index (χ3n) is 3.53. The summed E-state index contributed by atoms with van der Waals surface area (Å²) in [6.07, 6.45) is 9.37. The topological polar surface area (TPSA) is 61.4 Å². The largest absolute Gasteiger partial charge is 0.347 e. The molecule has 0 aliphatic heterocycles. The van der Waals surface area contributed by atoms with Gasteiger partial charge in [-0.25, -0.2) is 4.79 Å². The van der Waals surface area contributed by atoms with Crippen molar-refractivity contribution in [2.45, 2.75) is 51.5 Å². The number of rotatable bonds is 5. The number of nitrogens with one attached hydrogen (secondary N) is 2. The Morgan fingerprint density at radius 1 is 1.30 bits per heavy atom. The molecule has 0 radical (unpaired) electrons. The summed E-state index contributed by atoms with van der Waals surface area (Å²) in [5.41, 5.74) is 1.44. The lowest BCUT2D eigenvalue weighted by Gasteiger charge is -2.18. The molecule has 1 aliphatic carbocycles. The first kappa shape index (κ1) is 16.5. The zero-order valence-corrected chi connectivity index (χ0v) is 12.9. The van der Waals surface area contributed by atoms with Crippen LogP contribution < -0.4 is 10.6 Å². The predicted octanol–water partition coefficient (Wildman–Crippen LogP) is 2.04. The molecule has 20 heavy (non-hydrogen) atoms. The van der Waals surface area contributed by atoms with Crippen molar-refractivity contribution in [1.82, 2.24) is 15.5 Å². The summed E-state index contributed by atoms with van der Waals surface area (Å²) in [4.78, 5) is 24.8. The number of likely N-dealkylation sites (N-methyl/N-ethyl adjacent to an activating group) is 1. The summed E-state index contributed by atoms with van der Waals surface area (Å²) in [5.74, 6) is -0.105. The highest BCUT2D eigenvalue weighted by Gasteiger charge is 2.16. The SMILES string of the molecule is C[C@H](NC(=O)NCCC1=CCCCCC1)C(=O)N(C)C. The van der Waals surface area contributed by atoms with E-state index in [0.717, 1.165) is 19.3 Å². The number of amides is 3. The Balaban J connectivity index is 2.22. The van der Waals surface area contributed by atoms with E-state index in [0.29, 0.717) is 6.54 Å². The van der Waals surface area contributed by atoms with Crippen molar-refractivity contribution in [3.8, 4) is 0 Å². The van der Waals surface area contributed by atoms with E-state index in [2.05, 4.69) is 16.7 Å². The zero-order valence-electron chi connectivity index (χ0n) is 12.9. The Labute approximate surface area is 121 Å². The number of hydrogen-bond donors (Lipinski definition) is 2. The molecule has 5 heteroatoms. The van der Waals surface area contributed by atoms with Gasteiger partial charge < -0.3 is 15.5 Å². The highest BCUT2D eigenvalue weighted by Crippen LogP contribution is 2.18. The molecule has 0 unspecified atom stereocenters. The third-order valence-corrected chi connectivity index (χ3v) is 3.53. The van der Waals surface area contributed by atoms with Crippen LogP contribution in [0.3, 0.4) is 0 Å². The van der Waals surface area contributed by atoms with Gasteiger partial charge in [-0.3, -0.25) is 4.79 Å². The van der Waals surface area contributed by atoms with Gasteiger partial charge in [-0.15, -0.1) is 0 Å². The molecule has 0 saturated carbocycles. The maximum Gasteiger partial charge on any atom is 0.315 e. The number of hydrogen-bond acceptors (Lipinski definition) is 2. The summed E-state index contributed by atoms with van der Waals surface area (Å²) < 4.78 is 0. The van der Waals surface area contributed by atoms with Gasteiger partial charge in [0.25, 0.3) is 0 Å². The normalized spacial score (nSPS) is 16.6. The van der Waals surface area contributed by atoms with Crippen molar-refractivity contribution in [2.24, 2.45) is 0 Å². The first-order valence-electron chi connectivity index (χ1n) is 7.44. The summed E-state index contributed by atoms with van der Waals surface area (Å²) >= 11 is 0. The molecule has 0 saturated heterocycles. The number of urea groups is 1. The Bertz CT molecular complexity index is 364. The molecule has 0 fully saturated rings. The molecule has 2 N–H and O–H groups in total. The van der Waals surface area contributed by atoms with Gasteiger partial charge in [-0.1, -0.05) is 18.1 Å². The summed E-state index contributed by atoms with van der Waals surface area (Å²) in [5, 5.41) is 5.46. The van der Waals surface area contributed by atoms with Crippen molar-refractivity contribution in [3.63, 3.8) is 0 Å². The maximum absolute atomic E-state index is 11.7. The van der Waals surface area contributed by atoms with Gasteiger partial charge in [0.2, 0.25) is 5.91 Å². The van der Waals surface area contributed by atoms with Gasteiger partial charge in [-0.05, 0) is 39.0 Å².